The highest BCUT2D eigenvalue weighted by Crippen LogP contribution is 2.26. The van der Waals surface area contributed by atoms with Crippen LogP contribution >= 0.6 is 0 Å². The summed E-state index contributed by atoms with van der Waals surface area (Å²) in [6.45, 7) is 6.06. The van der Waals surface area contributed by atoms with Crippen molar-refractivity contribution >= 4 is 5.69 Å². The Morgan fingerprint density at radius 1 is 1.39 bits per heavy atom. The second kappa shape index (κ2) is 5.12. The van der Waals surface area contributed by atoms with Crippen LogP contribution in [0.3, 0.4) is 0 Å². The van der Waals surface area contributed by atoms with Gasteiger partial charge in [0, 0.05) is 24.9 Å². The van der Waals surface area contributed by atoms with E-state index in [0.29, 0.717) is 5.69 Å². The second-order valence-corrected chi connectivity index (χ2v) is 4.46. The number of nitrogens with zero attached hydrogens (tertiary/aromatic N) is 2. The maximum atomic E-state index is 5.91. The van der Waals surface area contributed by atoms with Gasteiger partial charge in [0.15, 0.2) is 0 Å². The van der Waals surface area contributed by atoms with Gasteiger partial charge in [0.1, 0.15) is 11.6 Å². The standard InChI is InChI=1S/C14H19N3O/c1-4-14-16-7-8-17(14)11-5-6-12(15)13(9-11)18-10(2)3/h5-10H,4,15H2,1-3H3. The molecule has 0 fully saturated rings. The first kappa shape index (κ1) is 12.5. The molecular formula is C14H19N3O. The normalized spacial score (nSPS) is 10.9. The molecule has 4 nitrogen and oxygen atoms in total. The number of aryl methyl sites for hydroxylation is 1. The molecule has 0 bridgehead atoms. The summed E-state index contributed by atoms with van der Waals surface area (Å²) in [6.07, 6.45) is 4.75. The van der Waals surface area contributed by atoms with Gasteiger partial charge in [-0.2, -0.15) is 0 Å². The number of nitrogen functional groups attached to an aromatic ring is 1. The van der Waals surface area contributed by atoms with Crippen LogP contribution in [0.4, 0.5) is 5.69 Å². The van der Waals surface area contributed by atoms with E-state index in [1.165, 1.54) is 0 Å². The molecule has 0 spiro atoms. The molecule has 0 aliphatic carbocycles. The van der Waals surface area contributed by atoms with E-state index >= 15 is 0 Å². The van der Waals surface area contributed by atoms with Gasteiger partial charge in [0.05, 0.1) is 17.5 Å². The number of ether oxygens (including phenoxy) is 1. The van der Waals surface area contributed by atoms with Gasteiger partial charge in [0.2, 0.25) is 0 Å². The minimum Gasteiger partial charge on any atom is -0.489 e. The van der Waals surface area contributed by atoms with Crippen molar-refractivity contribution in [1.82, 2.24) is 9.55 Å². The molecule has 1 aromatic heterocycles. The Hall–Kier alpha value is -1.97. The fourth-order valence-electron chi connectivity index (χ4n) is 1.86. The Kier molecular flexibility index (Phi) is 3.55. The van der Waals surface area contributed by atoms with Crippen LogP contribution in [-0.4, -0.2) is 15.7 Å². The van der Waals surface area contributed by atoms with Gasteiger partial charge in [-0.15, -0.1) is 0 Å². The van der Waals surface area contributed by atoms with Crippen molar-refractivity contribution in [3.8, 4) is 11.4 Å². The fraction of sp³-hybridized carbons (Fsp3) is 0.357. The van der Waals surface area contributed by atoms with E-state index in [-0.39, 0.29) is 6.10 Å². The van der Waals surface area contributed by atoms with Gasteiger partial charge < -0.3 is 15.0 Å². The predicted octanol–water partition coefficient (Wildman–Crippen LogP) is 2.80. The monoisotopic (exact) mass is 245 g/mol. The molecule has 96 valence electrons. The topological polar surface area (TPSA) is 53.1 Å². The van der Waals surface area contributed by atoms with Crippen molar-refractivity contribution in [2.45, 2.75) is 33.3 Å². The van der Waals surface area contributed by atoms with Crippen LogP contribution < -0.4 is 10.5 Å². The Labute approximate surface area is 107 Å². The highest BCUT2D eigenvalue weighted by atomic mass is 16.5. The number of anilines is 1. The maximum Gasteiger partial charge on any atom is 0.144 e. The third kappa shape index (κ3) is 2.47. The molecule has 0 amide bonds. The van der Waals surface area contributed by atoms with E-state index in [9.17, 15) is 0 Å². The smallest absolute Gasteiger partial charge is 0.144 e. The lowest BCUT2D eigenvalue weighted by Crippen LogP contribution is -2.08. The Balaban J connectivity index is 2.40. The van der Waals surface area contributed by atoms with E-state index in [4.69, 9.17) is 10.5 Å². The van der Waals surface area contributed by atoms with Crippen LogP contribution in [0.25, 0.3) is 5.69 Å². The molecular weight excluding hydrogens is 226 g/mol. The van der Waals surface area contributed by atoms with Crippen LogP contribution in [0.15, 0.2) is 30.6 Å². The van der Waals surface area contributed by atoms with Gasteiger partial charge in [-0.25, -0.2) is 4.98 Å². The minimum absolute atomic E-state index is 0.107. The van der Waals surface area contributed by atoms with Crippen molar-refractivity contribution in [3.05, 3.63) is 36.4 Å². The Morgan fingerprint density at radius 3 is 2.83 bits per heavy atom. The molecule has 0 saturated carbocycles. The van der Waals surface area contributed by atoms with Crippen molar-refractivity contribution in [1.29, 1.82) is 0 Å². The number of benzene rings is 1. The summed E-state index contributed by atoms with van der Waals surface area (Å²) in [5.74, 6) is 1.74. The molecule has 0 aliphatic heterocycles. The summed E-state index contributed by atoms with van der Waals surface area (Å²) in [4.78, 5) is 4.31. The molecule has 4 heteroatoms. The summed E-state index contributed by atoms with van der Waals surface area (Å²) < 4.78 is 7.75. The molecule has 0 saturated heterocycles. The summed E-state index contributed by atoms with van der Waals surface area (Å²) in [7, 11) is 0. The van der Waals surface area contributed by atoms with E-state index in [0.717, 1.165) is 23.7 Å². The molecule has 2 aromatic rings. The third-order valence-electron chi connectivity index (χ3n) is 2.67. The average molecular weight is 245 g/mol. The summed E-state index contributed by atoms with van der Waals surface area (Å²) in [5, 5.41) is 0. The zero-order valence-electron chi connectivity index (χ0n) is 11.1. The summed E-state index contributed by atoms with van der Waals surface area (Å²) >= 11 is 0. The molecule has 2 N–H and O–H groups in total. The minimum atomic E-state index is 0.107. The van der Waals surface area contributed by atoms with Gasteiger partial charge in [0.25, 0.3) is 0 Å². The van der Waals surface area contributed by atoms with Gasteiger partial charge in [-0.05, 0) is 26.0 Å². The fourth-order valence-corrected chi connectivity index (χ4v) is 1.86. The van der Waals surface area contributed by atoms with Crippen molar-refractivity contribution < 1.29 is 4.74 Å². The molecule has 2 rings (SSSR count). The molecule has 18 heavy (non-hydrogen) atoms. The number of hydrogen-bond donors (Lipinski definition) is 1. The molecule has 0 aliphatic rings. The van der Waals surface area contributed by atoms with Gasteiger partial charge in [-0.1, -0.05) is 6.92 Å². The van der Waals surface area contributed by atoms with Crippen LogP contribution in [0.2, 0.25) is 0 Å². The lowest BCUT2D eigenvalue weighted by molar-refractivity contribution is 0.244. The highest BCUT2D eigenvalue weighted by Gasteiger charge is 2.08. The second-order valence-electron chi connectivity index (χ2n) is 4.46. The van der Waals surface area contributed by atoms with Gasteiger partial charge >= 0.3 is 0 Å². The molecule has 1 aromatic carbocycles. The van der Waals surface area contributed by atoms with Gasteiger partial charge in [-0.3, -0.25) is 0 Å². The lowest BCUT2D eigenvalue weighted by Gasteiger charge is -2.14. The first-order valence-electron chi connectivity index (χ1n) is 6.20. The average Bonchev–Trinajstić information content (AvgIpc) is 2.79. The predicted molar refractivity (Wildman–Crippen MR) is 73.1 cm³/mol. The Morgan fingerprint density at radius 2 is 2.17 bits per heavy atom. The summed E-state index contributed by atoms with van der Waals surface area (Å²) in [5.41, 5.74) is 7.59. The van der Waals surface area contributed by atoms with Crippen molar-refractivity contribution in [2.75, 3.05) is 5.73 Å². The first-order chi connectivity index (χ1) is 8.61. The van der Waals surface area contributed by atoms with Crippen LogP contribution in [-0.2, 0) is 6.42 Å². The number of rotatable bonds is 4. The molecule has 0 atom stereocenters. The zero-order valence-corrected chi connectivity index (χ0v) is 11.1. The van der Waals surface area contributed by atoms with E-state index in [1.54, 1.807) is 6.20 Å². The third-order valence-corrected chi connectivity index (χ3v) is 2.67. The SMILES string of the molecule is CCc1nccn1-c1ccc(N)c(OC(C)C)c1. The Bertz CT molecular complexity index is 532. The van der Waals surface area contributed by atoms with E-state index in [1.807, 2.05) is 42.8 Å². The number of nitrogens with two attached hydrogens (primary N) is 1. The largest absolute Gasteiger partial charge is 0.489 e. The summed E-state index contributed by atoms with van der Waals surface area (Å²) in [6, 6.07) is 5.80. The quantitative estimate of drug-likeness (QED) is 0.843. The number of aromatic nitrogens is 2. The van der Waals surface area contributed by atoms with Crippen molar-refractivity contribution in [3.63, 3.8) is 0 Å². The zero-order chi connectivity index (χ0) is 13.1. The van der Waals surface area contributed by atoms with E-state index < -0.39 is 0 Å². The van der Waals surface area contributed by atoms with E-state index in [2.05, 4.69) is 11.9 Å². The molecule has 0 unspecified atom stereocenters. The van der Waals surface area contributed by atoms with Crippen molar-refractivity contribution in [2.24, 2.45) is 0 Å². The number of imidazole rings is 1. The molecule has 0 radical (unpaired) electrons. The van der Waals surface area contributed by atoms with Crippen LogP contribution in [0, 0.1) is 0 Å². The highest BCUT2D eigenvalue weighted by molar-refractivity contribution is 5.57. The van der Waals surface area contributed by atoms with Crippen LogP contribution in [0.5, 0.6) is 5.75 Å². The first-order valence-corrected chi connectivity index (χ1v) is 6.20. The lowest BCUT2D eigenvalue weighted by atomic mass is 10.2. The number of hydrogen-bond acceptors (Lipinski definition) is 3. The maximum absolute atomic E-state index is 5.91. The van der Waals surface area contributed by atoms with Crippen LogP contribution in [0.1, 0.15) is 26.6 Å². The molecule has 1 heterocycles.